The average molecular weight is 174 g/mol. The van der Waals surface area contributed by atoms with Crippen LogP contribution in [0.3, 0.4) is 0 Å². The maximum Gasteiger partial charge on any atom is 0.170 e. The Labute approximate surface area is 71.8 Å². The summed E-state index contributed by atoms with van der Waals surface area (Å²) in [6.45, 7) is 4.75. The van der Waals surface area contributed by atoms with Gasteiger partial charge in [-0.2, -0.15) is 11.8 Å². The molecule has 0 aromatic carbocycles. The Hall–Kier alpha value is -0.220. The fourth-order valence-electron chi connectivity index (χ4n) is 0.920. The fraction of sp³-hybridized carbons (Fsp3) is 0.857. The molecule has 1 saturated heterocycles. The maximum atomic E-state index is 5.01. The first-order valence-electron chi connectivity index (χ1n) is 3.83. The third-order valence-corrected chi connectivity index (χ3v) is 2.47. The van der Waals surface area contributed by atoms with Gasteiger partial charge in [-0.05, 0) is 6.92 Å². The van der Waals surface area contributed by atoms with Crippen molar-refractivity contribution in [3.63, 3.8) is 0 Å². The molecule has 0 atom stereocenters. The summed E-state index contributed by atoms with van der Waals surface area (Å²) in [4.78, 5) is 7.28. The van der Waals surface area contributed by atoms with Gasteiger partial charge in [-0.3, -0.25) is 4.90 Å². The molecule has 0 amide bonds. The molecule has 1 aliphatic rings. The van der Waals surface area contributed by atoms with Crippen molar-refractivity contribution in [2.45, 2.75) is 6.92 Å². The van der Waals surface area contributed by atoms with E-state index in [9.17, 15) is 0 Å². The Morgan fingerprint density at radius 2 is 2.27 bits per heavy atom. The Bertz CT molecular complexity index is 124. The van der Waals surface area contributed by atoms with E-state index in [1.54, 1.807) is 6.21 Å². The number of oxime groups is 1. The molecule has 1 fully saturated rings. The van der Waals surface area contributed by atoms with Gasteiger partial charge in [0.15, 0.2) is 6.73 Å². The van der Waals surface area contributed by atoms with Crippen molar-refractivity contribution in [2.24, 2.45) is 5.16 Å². The van der Waals surface area contributed by atoms with Crippen LogP contribution in [-0.2, 0) is 4.84 Å². The van der Waals surface area contributed by atoms with Gasteiger partial charge < -0.3 is 4.84 Å². The van der Waals surface area contributed by atoms with E-state index in [0.717, 1.165) is 13.1 Å². The lowest BCUT2D eigenvalue weighted by molar-refractivity contribution is 0.0390. The minimum Gasteiger partial charge on any atom is -0.380 e. The van der Waals surface area contributed by atoms with Crippen LogP contribution in [0.15, 0.2) is 5.16 Å². The van der Waals surface area contributed by atoms with Gasteiger partial charge in [0.2, 0.25) is 0 Å². The lowest BCUT2D eigenvalue weighted by Crippen LogP contribution is -2.33. The van der Waals surface area contributed by atoms with Crippen LogP contribution in [0, 0.1) is 0 Å². The number of hydrogen-bond donors (Lipinski definition) is 0. The standard InChI is InChI=1S/C7H14N2OS/c1-2-8-10-7-9-3-5-11-6-4-9/h2H,3-7H2,1H3. The molecule has 1 aliphatic heterocycles. The molecule has 0 spiro atoms. The van der Waals surface area contributed by atoms with E-state index >= 15 is 0 Å². The third-order valence-electron chi connectivity index (χ3n) is 1.52. The topological polar surface area (TPSA) is 24.8 Å². The number of rotatable bonds is 3. The van der Waals surface area contributed by atoms with Crippen molar-refractivity contribution in [1.29, 1.82) is 0 Å². The highest BCUT2D eigenvalue weighted by Gasteiger charge is 2.09. The predicted octanol–water partition coefficient (Wildman–Crippen LogP) is 1.02. The molecule has 1 rings (SSSR count). The van der Waals surface area contributed by atoms with E-state index < -0.39 is 0 Å². The first kappa shape index (κ1) is 8.87. The molecule has 1 heterocycles. The highest BCUT2D eigenvalue weighted by Crippen LogP contribution is 2.08. The zero-order valence-electron chi connectivity index (χ0n) is 6.82. The first-order chi connectivity index (χ1) is 5.43. The smallest absolute Gasteiger partial charge is 0.170 e. The lowest BCUT2D eigenvalue weighted by atomic mass is 10.5. The van der Waals surface area contributed by atoms with Crippen LogP contribution in [-0.4, -0.2) is 42.4 Å². The molecule has 0 saturated carbocycles. The monoisotopic (exact) mass is 174 g/mol. The second-order valence-electron chi connectivity index (χ2n) is 2.35. The van der Waals surface area contributed by atoms with Crippen molar-refractivity contribution in [1.82, 2.24) is 4.90 Å². The molecular formula is C7H14N2OS. The van der Waals surface area contributed by atoms with Crippen LogP contribution >= 0.6 is 11.8 Å². The SMILES string of the molecule is CC=NOCN1CCSCC1. The Morgan fingerprint density at radius 3 is 2.91 bits per heavy atom. The van der Waals surface area contributed by atoms with Gasteiger partial charge >= 0.3 is 0 Å². The minimum atomic E-state index is 0.644. The Morgan fingerprint density at radius 1 is 1.55 bits per heavy atom. The predicted molar refractivity (Wildman–Crippen MR) is 49.0 cm³/mol. The summed E-state index contributed by atoms with van der Waals surface area (Å²) in [5.74, 6) is 2.44. The van der Waals surface area contributed by atoms with Crippen molar-refractivity contribution >= 4 is 18.0 Å². The molecule has 0 unspecified atom stereocenters. The Balaban J connectivity index is 2.04. The molecule has 3 nitrogen and oxygen atoms in total. The lowest BCUT2D eigenvalue weighted by Gasteiger charge is -2.24. The van der Waals surface area contributed by atoms with Crippen LogP contribution in [0.1, 0.15) is 6.92 Å². The zero-order chi connectivity index (χ0) is 7.94. The maximum absolute atomic E-state index is 5.01. The van der Waals surface area contributed by atoms with Crippen molar-refractivity contribution < 1.29 is 4.84 Å². The molecule has 4 heteroatoms. The summed E-state index contributed by atoms with van der Waals surface area (Å²) in [6.07, 6.45) is 1.67. The summed E-state index contributed by atoms with van der Waals surface area (Å²) in [6, 6.07) is 0. The van der Waals surface area contributed by atoms with Gasteiger partial charge in [0.1, 0.15) is 0 Å². The molecule has 11 heavy (non-hydrogen) atoms. The molecule has 0 aromatic rings. The van der Waals surface area contributed by atoms with Gasteiger partial charge in [-0.15, -0.1) is 0 Å². The normalized spacial score (nSPS) is 20.8. The van der Waals surface area contributed by atoms with Crippen LogP contribution < -0.4 is 0 Å². The van der Waals surface area contributed by atoms with E-state index in [2.05, 4.69) is 10.1 Å². The van der Waals surface area contributed by atoms with E-state index in [-0.39, 0.29) is 0 Å². The molecule has 0 radical (unpaired) electrons. The van der Waals surface area contributed by atoms with E-state index in [0.29, 0.717) is 6.73 Å². The zero-order valence-corrected chi connectivity index (χ0v) is 7.64. The third kappa shape index (κ3) is 3.62. The first-order valence-corrected chi connectivity index (χ1v) is 4.99. The summed E-state index contributed by atoms with van der Waals surface area (Å²) >= 11 is 2.00. The molecule has 0 bridgehead atoms. The molecule has 64 valence electrons. The largest absolute Gasteiger partial charge is 0.380 e. The van der Waals surface area contributed by atoms with E-state index in [4.69, 9.17) is 4.84 Å². The number of nitrogens with zero attached hydrogens (tertiary/aromatic N) is 2. The van der Waals surface area contributed by atoms with Crippen molar-refractivity contribution in [3.8, 4) is 0 Å². The summed E-state index contributed by atoms with van der Waals surface area (Å²) in [7, 11) is 0. The molecule has 0 aromatic heterocycles. The summed E-state index contributed by atoms with van der Waals surface area (Å²) in [5.41, 5.74) is 0. The average Bonchev–Trinajstić information content (AvgIpc) is 2.07. The van der Waals surface area contributed by atoms with E-state index in [1.807, 2.05) is 18.7 Å². The van der Waals surface area contributed by atoms with Gasteiger partial charge in [-0.25, -0.2) is 0 Å². The highest BCUT2D eigenvalue weighted by molar-refractivity contribution is 7.99. The minimum absolute atomic E-state index is 0.644. The second-order valence-corrected chi connectivity index (χ2v) is 3.58. The van der Waals surface area contributed by atoms with Gasteiger partial charge in [0, 0.05) is 30.8 Å². The number of thioether (sulfide) groups is 1. The number of hydrogen-bond acceptors (Lipinski definition) is 4. The summed E-state index contributed by atoms with van der Waals surface area (Å²) < 4.78 is 0. The van der Waals surface area contributed by atoms with Crippen molar-refractivity contribution in [2.75, 3.05) is 31.3 Å². The fourth-order valence-corrected chi connectivity index (χ4v) is 1.90. The van der Waals surface area contributed by atoms with E-state index in [1.165, 1.54) is 11.5 Å². The van der Waals surface area contributed by atoms with Crippen LogP contribution in [0.25, 0.3) is 0 Å². The highest BCUT2D eigenvalue weighted by atomic mass is 32.2. The van der Waals surface area contributed by atoms with Crippen LogP contribution in [0.4, 0.5) is 0 Å². The van der Waals surface area contributed by atoms with Crippen LogP contribution in [0.5, 0.6) is 0 Å². The molecule has 0 aliphatic carbocycles. The quantitative estimate of drug-likeness (QED) is 0.471. The van der Waals surface area contributed by atoms with Crippen molar-refractivity contribution in [3.05, 3.63) is 0 Å². The van der Waals surface area contributed by atoms with Gasteiger partial charge in [0.05, 0.1) is 0 Å². The molecule has 0 N–H and O–H groups in total. The van der Waals surface area contributed by atoms with Crippen LogP contribution in [0.2, 0.25) is 0 Å². The summed E-state index contributed by atoms with van der Waals surface area (Å²) in [5, 5.41) is 3.69. The van der Waals surface area contributed by atoms with Gasteiger partial charge in [-0.1, -0.05) is 5.16 Å². The Kier molecular flexibility index (Phi) is 4.38. The van der Waals surface area contributed by atoms with Gasteiger partial charge in [0.25, 0.3) is 0 Å². The molecular weight excluding hydrogens is 160 g/mol. The second kappa shape index (κ2) is 5.43.